The van der Waals surface area contributed by atoms with Crippen molar-refractivity contribution in [1.82, 2.24) is 19.7 Å². The van der Waals surface area contributed by atoms with Crippen molar-refractivity contribution >= 4 is 16.9 Å². The minimum atomic E-state index is -0.485. The van der Waals surface area contributed by atoms with Crippen molar-refractivity contribution in [3.05, 3.63) is 12.5 Å². The lowest BCUT2D eigenvalue weighted by atomic mass is 10.1. The van der Waals surface area contributed by atoms with Crippen LogP contribution in [-0.2, 0) is 16.0 Å². The third-order valence-corrected chi connectivity index (χ3v) is 3.17. The fourth-order valence-corrected chi connectivity index (χ4v) is 2.09. The molecule has 7 nitrogen and oxygen atoms in total. The van der Waals surface area contributed by atoms with Crippen molar-refractivity contribution in [2.24, 2.45) is 5.92 Å². The molecule has 1 fully saturated rings. The number of hydrogen-bond donors (Lipinski definition) is 1. The molecule has 0 spiro atoms. The van der Waals surface area contributed by atoms with Gasteiger partial charge >= 0.3 is 0 Å². The fraction of sp³-hybridized carbons (Fsp3) is 0.583. The van der Waals surface area contributed by atoms with Gasteiger partial charge < -0.3 is 15.2 Å². The smallest absolute Gasteiger partial charge is 0.186 e. The lowest BCUT2D eigenvalue weighted by molar-refractivity contribution is -0.263. The van der Waals surface area contributed by atoms with Gasteiger partial charge in [0.05, 0.1) is 18.6 Å². The largest absolute Gasteiger partial charge is 0.383 e. The summed E-state index contributed by atoms with van der Waals surface area (Å²) in [6.07, 6.45) is 3.29. The van der Waals surface area contributed by atoms with Crippen molar-refractivity contribution in [3.63, 3.8) is 0 Å². The molecule has 0 bridgehead atoms. The van der Waals surface area contributed by atoms with E-state index in [9.17, 15) is 0 Å². The van der Waals surface area contributed by atoms with Crippen LogP contribution in [-0.4, -0.2) is 38.7 Å². The van der Waals surface area contributed by atoms with E-state index in [1.807, 2.05) is 24.7 Å². The minimum Gasteiger partial charge on any atom is -0.383 e. The molecule has 0 amide bonds. The van der Waals surface area contributed by atoms with Crippen LogP contribution in [0.1, 0.15) is 13.8 Å². The Morgan fingerprint density at radius 1 is 1.37 bits per heavy atom. The summed E-state index contributed by atoms with van der Waals surface area (Å²) in [6.45, 7) is 5.87. The number of rotatable bonds is 2. The summed E-state index contributed by atoms with van der Waals surface area (Å²) in [4.78, 5) is 8.04. The highest BCUT2D eigenvalue weighted by Crippen LogP contribution is 2.22. The van der Waals surface area contributed by atoms with E-state index in [-0.39, 0.29) is 5.92 Å². The highest BCUT2D eigenvalue weighted by atomic mass is 16.7. The van der Waals surface area contributed by atoms with Crippen LogP contribution in [0.15, 0.2) is 12.5 Å². The molecule has 2 N–H and O–H groups in total. The van der Waals surface area contributed by atoms with Gasteiger partial charge in [-0.3, -0.25) is 4.68 Å². The number of nitrogens with zero attached hydrogens (tertiary/aromatic N) is 4. The third-order valence-electron chi connectivity index (χ3n) is 3.17. The summed E-state index contributed by atoms with van der Waals surface area (Å²) in [7, 11) is 0. The zero-order chi connectivity index (χ0) is 13.5. The number of fused-ring (bicyclic) bond motifs is 1. The van der Waals surface area contributed by atoms with Gasteiger partial charge in [0, 0.05) is 18.7 Å². The van der Waals surface area contributed by atoms with Crippen molar-refractivity contribution < 1.29 is 9.47 Å². The standard InChI is InChI=1S/C12H17N5O2/c1-12(2)18-5-8(6-19-12)3-17-4-9-10(13)14-7-15-11(9)16-17/h4,7-8H,3,5-6H2,1-2H3,(H2,13,14,15,16). The molecule has 2 aromatic heterocycles. The normalized spacial score (nSPS) is 19.9. The molecule has 3 heterocycles. The molecule has 2 aromatic rings. The Balaban J connectivity index is 1.74. The van der Waals surface area contributed by atoms with Crippen LogP contribution in [0.5, 0.6) is 0 Å². The summed E-state index contributed by atoms with van der Waals surface area (Å²) < 4.78 is 13.1. The first-order valence-electron chi connectivity index (χ1n) is 6.25. The van der Waals surface area contributed by atoms with Gasteiger partial charge in [0.1, 0.15) is 12.1 Å². The van der Waals surface area contributed by atoms with E-state index in [1.165, 1.54) is 6.33 Å². The monoisotopic (exact) mass is 263 g/mol. The number of hydrogen-bond acceptors (Lipinski definition) is 6. The second-order valence-electron chi connectivity index (χ2n) is 5.24. The second kappa shape index (κ2) is 4.43. The van der Waals surface area contributed by atoms with E-state index >= 15 is 0 Å². The van der Waals surface area contributed by atoms with Crippen LogP contribution in [0.25, 0.3) is 11.0 Å². The molecule has 0 aliphatic carbocycles. The summed E-state index contributed by atoms with van der Waals surface area (Å²) >= 11 is 0. The molecule has 0 unspecified atom stereocenters. The number of nitrogen functional groups attached to an aromatic ring is 1. The summed E-state index contributed by atoms with van der Waals surface area (Å²) in [6, 6.07) is 0. The molecule has 3 rings (SSSR count). The first-order valence-corrected chi connectivity index (χ1v) is 6.25. The maximum Gasteiger partial charge on any atom is 0.186 e. The van der Waals surface area contributed by atoms with Crippen LogP contribution >= 0.6 is 0 Å². The molecule has 1 aliphatic heterocycles. The van der Waals surface area contributed by atoms with Crippen LogP contribution in [0.4, 0.5) is 5.82 Å². The van der Waals surface area contributed by atoms with E-state index in [4.69, 9.17) is 15.2 Å². The van der Waals surface area contributed by atoms with Gasteiger partial charge in [-0.05, 0) is 13.8 Å². The van der Waals surface area contributed by atoms with Crippen molar-refractivity contribution in [3.8, 4) is 0 Å². The number of anilines is 1. The molecule has 0 radical (unpaired) electrons. The van der Waals surface area contributed by atoms with Crippen LogP contribution in [0, 0.1) is 5.92 Å². The Morgan fingerprint density at radius 3 is 2.79 bits per heavy atom. The summed E-state index contributed by atoms with van der Waals surface area (Å²) in [5.74, 6) is 0.242. The van der Waals surface area contributed by atoms with E-state index < -0.39 is 5.79 Å². The average molecular weight is 263 g/mol. The molecule has 1 aliphatic rings. The van der Waals surface area contributed by atoms with E-state index in [2.05, 4.69) is 15.1 Å². The van der Waals surface area contributed by atoms with E-state index in [0.29, 0.717) is 31.2 Å². The molecule has 0 aromatic carbocycles. The molecule has 0 saturated carbocycles. The topological polar surface area (TPSA) is 88.1 Å². The number of ether oxygens (including phenoxy) is 2. The SMILES string of the molecule is CC1(C)OCC(Cn2cc3c(N)ncnc3n2)CO1. The number of nitrogens with two attached hydrogens (primary N) is 1. The first-order chi connectivity index (χ1) is 9.03. The zero-order valence-electron chi connectivity index (χ0n) is 11.0. The van der Waals surface area contributed by atoms with E-state index in [0.717, 1.165) is 5.39 Å². The predicted octanol–water partition coefficient (Wildman–Crippen LogP) is 0.808. The van der Waals surface area contributed by atoms with Gasteiger partial charge in [-0.2, -0.15) is 5.10 Å². The Bertz CT molecular complexity index is 585. The quantitative estimate of drug-likeness (QED) is 0.862. The molecule has 102 valence electrons. The molecule has 1 saturated heterocycles. The van der Waals surface area contributed by atoms with Crippen LogP contribution < -0.4 is 5.73 Å². The van der Waals surface area contributed by atoms with Gasteiger partial charge in [-0.25, -0.2) is 9.97 Å². The molecular weight excluding hydrogens is 246 g/mol. The molecular formula is C12H17N5O2. The van der Waals surface area contributed by atoms with Gasteiger partial charge in [0.15, 0.2) is 11.4 Å². The van der Waals surface area contributed by atoms with Gasteiger partial charge in [-0.1, -0.05) is 0 Å². The third kappa shape index (κ3) is 2.52. The average Bonchev–Trinajstić information content (AvgIpc) is 2.76. The Kier molecular flexibility index (Phi) is 2.87. The minimum absolute atomic E-state index is 0.275. The van der Waals surface area contributed by atoms with Gasteiger partial charge in [-0.15, -0.1) is 0 Å². The maximum absolute atomic E-state index is 5.78. The molecule has 0 atom stereocenters. The van der Waals surface area contributed by atoms with Gasteiger partial charge in [0.25, 0.3) is 0 Å². The van der Waals surface area contributed by atoms with Crippen LogP contribution in [0.2, 0.25) is 0 Å². The predicted molar refractivity (Wildman–Crippen MR) is 69.2 cm³/mol. The lowest BCUT2D eigenvalue weighted by Crippen LogP contribution is -2.40. The summed E-state index contributed by atoms with van der Waals surface area (Å²) in [5.41, 5.74) is 6.40. The van der Waals surface area contributed by atoms with E-state index in [1.54, 1.807) is 0 Å². The first kappa shape index (κ1) is 12.3. The molecule has 7 heteroatoms. The Morgan fingerprint density at radius 2 is 2.11 bits per heavy atom. The maximum atomic E-state index is 5.78. The van der Waals surface area contributed by atoms with Crippen molar-refractivity contribution in [2.75, 3.05) is 18.9 Å². The van der Waals surface area contributed by atoms with Crippen LogP contribution in [0.3, 0.4) is 0 Å². The zero-order valence-corrected chi connectivity index (χ0v) is 11.0. The highest BCUT2D eigenvalue weighted by molar-refractivity contribution is 5.84. The van der Waals surface area contributed by atoms with Gasteiger partial charge in [0.2, 0.25) is 0 Å². The lowest BCUT2D eigenvalue weighted by Gasteiger charge is -2.34. The van der Waals surface area contributed by atoms with Crippen molar-refractivity contribution in [2.45, 2.75) is 26.2 Å². The fourth-order valence-electron chi connectivity index (χ4n) is 2.09. The second-order valence-corrected chi connectivity index (χ2v) is 5.24. The van der Waals surface area contributed by atoms with Crippen molar-refractivity contribution in [1.29, 1.82) is 0 Å². The molecule has 19 heavy (non-hydrogen) atoms. The summed E-state index contributed by atoms with van der Waals surface area (Å²) in [5, 5.41) is 5.16. The highest BCUT2D eigenvalue weighted by Gasteiger charge is 2.28. The Hall–Kier alpha value is -1.73. The Labute approximate surface area is 110 Å². The number of aromatic nitrogens is 4.